The third kappa shape index (κ3) is 0.910. The van der Waals surface area contributed by atoms with Gasteiger partial charge in [0, 0.05) is 0 Å². The molecule has 3 heteroatoms. The summed E-state index contributed by atoms with van der Waals surface area (Å²) in [6.45, 7) is 0. The number of rotatable bonds is 0. The average molecular weight is 54.0 g/mol. The van der Waals surface area contributed by atoms with E-state index in [9.17, 15) is 0 Å². The van der Waals surface area contributed by atoms with E-state index in [1.54, 1.807) is 0 Å². The van der Waals surface area contributed by atoms with Crippen LogP contribution in [0.5, 0.6) is 0 Å². The maximum Gasteiger partial charge on any atom is 0.615 e. The van der Waals surface area contributed by atoms with Crippen molar-refractivity contribution in [2.24, 2.45) is 0 Å². The van der Waals surface area contributed by atoms with Crippen LogP contribution in [0.25, 0.3) is 4.98 Å². The van der Waals surface area contributed by atoms with Crippen LogP contribution in [-0.2, 0) is 0 Å². The average Bonchev–Trinajstić information content (AvgIpc) is 1.37. The maximum absolute atomic E-state index is 7.21. The van der Waals surface area contributed by atoms with Crippen LogP contribution in [0.15, 0.2) is 0 Å². The number of nitriles is 1. The van der Waals surface area contributed by atoms with E-state index < -0.39 is 0 Å². The molecule has 0 aromatic rings. The van der Waals surface area contributed by atoms with E-state index in [1.807, 2.05) is 4.98 Å². The summed E-state index contributed by atoms with van der Waals surface area (Å²) < 4.78 is 0. The summed E-state index contributed by atoms with van der Waals surface area (Å²) in [5, 5.41) is 14.3. The topological polar surface area (TPSA) is 51.9 Å². The Hall–Kier alpha value is -1.09. The molecular weight excluding hydrogens is 54.0 g/mol. The van der Waals surface area contributed by atoms with Crippen LogP contribution < -0.4 is 0 Å². The molecule has 0 fully saturated rings. The van der Waals surface area contributed by atoms with Crippen molar-refractivity contribution in [3.05, 3.63) is 4.98 Å². The molecule has 3 nitrogen and oxygen atoms in total. The first-order valence-corrected chi connectivity index (χ1v) is 0.647. The molecule has 0 saturated carbocycles. The van der Waals surface area contributed by atoms with E-state index in [0.717, 1.165) is 6.19 Å². The van der Waals surface area contributed by atoms with Gasteiger partial charge in [-0.05, 0) is 0 Å². The first kappa shape index (κ1) is 2.91. The van der Waals surface area contributed by atoms with Crippen molar-refractivity contribution in [2.45, 2.75) is 0 Å². The summed E-state index contributed by atoms with van der Waals surface area (Å²) in [6.07, 6.45) is 1.11. The molecule has 0 amide bonds. The Morgan fingerprint density at radius 1 is 1.75 bits per heavy atom. The molecule has 0 heterocycles. The molecule has 0 atom stereocenters. The second kappa shape index (κ2) is 1.91. The molecule has 0 aromatic carbocycles. The minimum absolute atomic E-state index is 1.11. The number of hydrogen-bond acceptors (Lipinski definition) is 2. The van der Waals surface area contributed by atoms with Gasteiger partial charge in [-0.2, -0.15) is 0 Å². The quantitative estimate of drug-likeness (QED) is 0.295. The first-order valence-electron chi connectivity index (χ1n) is 0.647. The number of diazo groups is 1. The molecule has 0 rings (SSSR count). The fourth-order valence-corrected chi connectivity index (χ4v) is 0. The van der Waals surface area contributed by atoms with E-state index in [4.69, 9.17) is 10.7 Å². The zero-order chi connectivity index (χ0) is 3.41. The summed E-state index contributed by atoms with van der Waals surface area (Å²) in [7, 11) is 0. The summed E-state index contributed by atoms with van der Waals surface area (Å²) in [5.41, 5.74) is 0. The smallest absolute Gasteiger partial charge is 0.0985 e. The van der Waals surface area contributed by atoms with Crippen LogP contribution in [0, 0.1) is 16.8 Å². The van der Waals surface area contributed by atoms with Crippen molar-refractivity contribution in [3.8, 4) is 6.19 Å². The van der Waals surface area contributed by atoms with Gasteiger partial charge in [0.25, 0.3) is 0 Å². The lowest BCUT2D eigenvalue weighted by atomic mass is 11.5. The van der Waals surface area contributed by atoms with Gasteiger partial charge >= 0.3 is 6.19 Å². The van der Waals surface area contributed by atoms with Gasteiger partial charge in [0.15, 0.2) is 5.26 Å². The fraction of sp³-hybridized carbons (Fsp3) is 0. The highest BCUT2D eigenvalue weighted by atomic mass is 14.8. The Morgan fingerprint density at radius 3 is 2.00 bits per heavy atom. The van der Waals surface area contributed by atoms with E-state index >= 15 is 0 Å². The molecule has 0 radical (unpaired) electrons. The minimum atomic E-state index is 1.11. The predicted molar refractivity (Wildman–Crippen MR) is 10.7 cm³/mol. The van der Waals surface area contributed by atoms with Crippen LogP contribution in [0.4, 0.5) is 0 Å². The highest BCUT2D eigenvalue weighted by molar-refractivity contribution is 4.77. The lowest BCUT2D eigenvalue weighted by Gasteiger charge is -0.976. The molecule has 0 unspecified atom stereocenters. The SMILES string of the molecule is N#C[N+]#N. The molecule has 0 aliphatic carbocycles. The summed E-state index contributed by atoms with van der Waals surface area (Å²) >= 11 is 0. The van der Waals surface area contributed by atoms with Crippen LogP contribution in [0.3, 0.4) is 0 Å². The fourth-order valence-electron chi connectivity index (χ4n) is 0. The molecule has 0 spiro atoms. The zero-order valence-corrected chi connectivity index (χ0v) is 1.84. The van der Waals surface area contributed by atoms with Crippen LogP contribution in [-0.4, -0.2) is 0 Å². The molecule has 0 saturated heterocycles. The van der Waals surface area contributed by atoms with Crippen molar-refractivity contribution in [1.29, 1.82) is 10.7 Å². The van der Waals surface area contributed by atoms with Gasteiger partial charge in [0.1, 0.15) is 5.39 Å². The van der Waals surface area contributed by atoms with Crippen molar-refractivity contribution < 1.29 is 0 Å². The highest BCUT2D eigenvalue weighted by Gasteiger charge is 1.62. The van der Waals surface area contributed by atoms with Gasteiger partial charge in [0.05, 0.1) is 4.98 Å². The van der Waals surface area contributed by atoms with E-state index in [2.05, 4.69) is 0 Å². The normalized spacial score (nSPS) is 2.50. The van der Waals surface area contributed by atoms with Crippen LogP contribution >= 0.6 is 0 Å². The van der Waals surface area contributed by atoms with Gasteiger partial charge < -0.3 is 0 Å². The van der Waals surface area contributed by atoms with Gasteiger partial charge in [-0.3, -0.25) is 0 Å². The Balaban J connectivity index is 3.14. The Bertz CT molecular complexity index is 58.3. The second-order valence-corrected chi connectivity index (χ2v) is 0.200. The molecule has 0 aliphatic rings. The van der Waals surface area contributed by atoms with Gasteiger partial charge in [0.2, 0.25) is 0 Å². The maximum atomic E-state index is 7.21. The van der Waals surface area contributed by atoms with Crippen molar-refractivity contribution in [2.75, 3.05) is 0 Å². The first-order chi connectivity index (χ1) is 1.91. The van der Waals surface area contributed by atoms with E-state index in [1.165, 1.54) is 0 Å². The lowest BCUT2D eigenvalue weighted by molar-refractivity contribution is 1.44. The van der Waals surface area contributed by atoms with Gasteiger partial charge in [-0.15, -0.1) is 0 Å². The Labute approximate surface area is 23.1 Å². The number of hydrogen-bond donors (Lipinski definition) is 0. The summed E-state index contributed by atoms with van der Waals surface area (Å²) in [6, 6.07) is 0. The molecule has 4 heavy (non-hydrogen) atoms. The molecule has 0 aromatic heterocycles. The van der Waals surface area contributed by atoms with Crippen LogP contribution in [0.2, 0.25) is 0 Å². The summed E-state index contributed by atoms with van der Waals surface area (Å²) in [5.74, 6) is 0. The van der Waals surface area contributed by atoms with E-state index in [0.29, 0.717) is 0 Å². The number of nitrogens with zero attached hydrogens (tertiary/aromatic N) is 3. The second-order valence-electron chi connectivity index (χ2n) is 0.200. The standard InChI is InChI=1S/CN3/c2-1-4-3/q+1. The van der Waals surface area contributed by atoms with Crippen molar-refractivity contribution >= 4 is 0 Å². The third-order valence-corrected chi connectivity index (χ3v) is 0.0447. The molecular formula is CN3+. The monoisotopic (exact) mass is 54.0 g/mol. The van der Waals surface area contributed by atoms with Crippen LogP contribution in [0.1, 0.15) is 0 Å². The molecule has 0 bridgehead atoms. The molecule has 0 aliphatic heterocycles. The van der Waals surface area contributed by atoms with Gasteiger partial charge in [-0.25, -0.2) is 0 Å². The Morgan fingerprint density at radius 2 is 2.00 bits per heavy atom. The largest absolute Gasteiger partial charge is 0.615 e. The lowest BCUT2D eigenvalue weighted by Crippen LogP contribution is -1.15. The Kier molecular flexibility index (Phi) is 1.39. The predicted octanol–water partition coefficient (Wildman–Crippen LogP) is 0.321. The third-order valence-electron chi connectivity index (χ3n) is 0.0447. The molecule has 0 N–H and O–H groups in total. The summed E-state index contributed by atoms with van der Waals surface area (Å²) in [4.78, 5) is 2.04. The van der Waals surface area contributed by atoms with Crippen molar-refractivity contribution in [1.82, 2.24) is 0 Å². The molecule has 18 valence electrons. The minimum Gasteiger partial charge on any atom is 0.0985 e. The van der Waals surface area contributed by atoms with Crippen molar-refractivity contribution in [3.63, 3.8) is 0 Å². The zero-order valence-electron chi connectivity index (χ0n) is 1.84. The highest BCUT2D eigenvalue weighted by Crippen LogP contribution is 1.40. The van der Waals surface area contributed by atoms with Gasteiger partial charge in [-0.1, -0.05) is 0 Å². The van der Waals surface area contributed by atoms with E-state index in [-0.39, 0.29) is 0 Å².